The number of rotatable bonds is 3. The van der Waals surface area contributed by atoms with Crippen LogP contribution < -0.4 is 0 Å². The summed E-state index contributed by atoms with van der Waals surface area (Å²) in [5.41, 5.74) is 3.26. The molecule has 2 aliphatic carbocycles. The summed E-state index contributed by atoms with van der Waals surface area (Å²) in [6, 6.07) is 10.9. The highest BCUT2D eigenvalue weighted by Gasteiger charge is 2.53. The van der Waals surface area contributed by atoms with E-state index < -0.39 is 0 Å². The molecule has 1 aromatic carbocycles. The van der Waals surface area contributed by atoms with Gasteiger partial charge in [-0.3, -0.25) is 4.90 Å². The topological polar surface area (TPSA) is 36.6 Å². The SMILES string of the molecule is Cl.Oc1ccc2c(c1)[C@]13CCCC[C@@H]1[C@H](C2)N(CCc1ccco1)CC3. The molecule has 4 heteroatoms. The van der Waals surface area contributed by atoms with Crippen molar-refractivity contribution < 1.29 is 9.52 Å². The molecule has 0 unspecified atom stereocenters. The van der Waals surface area contributed by atoms with E-state index in [0.717, 1.165) is 31.1 Å². The number of halogens is 1. The first-order valence-corrected chi connectivity index (χ1v) is 9.85. The van der Waals surface area contributed by atoms with Crippen LogP contribution >= 0.6 is 12.4 Å². The Kier molecular flexibility index (Phi) is 4.79. The van der Waals surface area contributed by atoms with Crippen molar-refractivity contribution in [2.75, 3.05) is 13.1 Å². The van der Waals surface area contributed by atoms with E-state index in [2.05, 4.69) is 23.1 Å². The van der Waals surface area contributed by atoms with E-state index >= 15 is 0 Å². The number of likely N-dealkylation sites (tertiary alicyclic amines) is 1. The molecule has 3 aliphatic rings. The number of hydrogen-bond acceptors (Lipinski definition) is 3. The Labute approximate surface area is 161 Å². The highest BCUT2D eigenvalue weighted by atomic mass is 35.5. The largest absolute Gasteiger partial charge is 0.508 e. The summed E-state index contributed by atoms with van der Waals surface area (Å²) in [4.78, 5) is 2.73. The minimum atomic E-state index is 0. The number of phenolic OH excluding ortho intramolecular Hbond substituents is 1. The van der Waals surface area contributed by atoms with E-state index in [0.29, 0.717) is 17.2 Å². The van der Waals surface area contributed by atoms with Crippen LogP contribution in [0.15, 0.2) is 41.0 Å². The Bertz CT molecular complexity index is 760. The first kappa shape index (κ1) is 17.9. The molecule has 3 atom stereocenters. The summed E-state index contributed by atoms with van der Waals surface area (Å²) in [6.07, 6.45) is 10.5. The highest BCUT2D eigenvalue weighted by molar-refractivity contribution is 5.85. The fourth-order valence-corrected chi connectivity index (χ4v) is 6.06. The Balaban J connectivity index is 0.00000168. The lowest BCUT2D eigenvalue weighted by atomic mass is 9.52. The number of fused-ring (bicyclic) bond motifs is 1. The molecule has 0 spiro atoms. The van der Waals surface area contributed by atoms with Gasteiger partial charge in [0.25, 0.3) is 0 Å². The first-order chi connectivity index (χ1) is 12.3. The van der Waals surface area contributed by atoms with Crippen molar-refractivity contribution in [1.82, 2.24) is 4.90 Å². The molecular weight excluding hydrogens is 346 g/mol. The lowest BCUT2D eigenvalue weighted by Gasteiger charge is -2.59. The standard InChI is InChI=1S/C22H27NO2.ClH/c24-17-7-6-16-14-21-19-5-1-2-9-22(19,20(16)15-17)10-12-23(21)11-8-18-4-3-13-25-18;/h3-4,6-7,13,15,19,21,24H,1-2,5,8-12,14H2;1H/t19-,21+,22+;/m1./s1. The van der Waals surface area contributed by atoms with Gasteiger partial charge >= 0.3 is 0 Å². The Morgan fingerprint density at radius 3 is 2.96 bits per heavy atom. The second-order valence-corrected chi connectivity index (χ2v) is 8.24. The zero-order valence-corrected chi connectivity index (χ0v) is 16.0. The van der Waals surface area contributed by atoms with E-state index in [1.165, 1.54) is 49.8 Å². The summed E-state index contributed by atoms with van der Waals surface area (Å²) in [5, 5.41) is 10.1. The smallest absolute Gasteiger partial charge is 0.115 e. The van der Waals surface area contributed by atoms with Gasteiger partial charge in [0.05, 0.1) is 6.26 Å². The zero-order valence-electron chi connectivity index (χ0n) is 15.2. The second kappa shape index (κ2) is 6.94. The van der Waals surface area contributed by atoms with Crippen LogP contribution in [0.5, 0.6) is 5.75 Å². The molecular formula is C22H28ClNO2. The van der Waals surface area contributed by atoms with Crippen LogP contribution in [0.4, 0.5) is 0 Å². The van der Waals surface area contributed by atoms with Crippen LogP contribution in [0.25, 0.3) is 0 Å². The van der Waals surface area contributed by atoms with Crippen LogP contribution in [0.2, 0.25) is 0 Å². The van der Waals surface area contributed by atoms with Gasteiger partial charge in [-0.25, -0.2) is 0 Å². The van der Waals surface area contributed by atoms with Crippen molar-refractivity contribution in [3.63, 3.8) is 0 Å². The van der Waals surface area contributed by atoms with Gasteiger partial charge < -0.3 is 9.52 Å². The zero-order chi connectivity index (χ0) is 16.9. The average molecular weight is 374 g/mol. The lowest BCUT2D eigenvalue weighted by molar-refractivity contribution is -0.0112. The Morgan fingerprint density at radius 2 is 2.12 bits per heavy atom. The van der Waals surface area contributed by atoms with E-state index in [1.54, 1.807) is 6.26 Å². The minimum absolute atomic E-state index is 0. The third-order valence-electron chi connectivity index (χ3n) is 7.16. The number of hydrogen-bond donors (Lipinski definition) is 1. The molecule has 1 aliphatic heterocycles. The maximum absolute atomic E-state index is 10.1. The molecule has 2 heterocycles. The van der Waals surface area contributed by atoms with Crippen LogP contribution in [0.3, 0.4) is 0 Å². The molecule has 1 aromatic heterocycles. The van der Waals surface area contributed by atoms with Crippen molar-refractivity contribution in [2.24, 2.45) is 5.92 Å². The second-order valence-electron chi connectivity index (χ2n) is 8.24. The van der Waals surface area contributed by atoms with Crippen LogP contribution in [0, 0.1) is 5.92 Å². The predicted molar refractivity (Wildman–Crippen MR) is 105 cm³/mol. The quantitative estimate of drug-likeness (QED) is 0.846. The van der Waals surface area contributed by atoms with Gasteiger partial charge in [-0.15, -0.1) is 12.4 Å². The number of aromatic hydroxyl groups is 1. The van der Waals surface area contributed by atoms with Gasteiger partial charge in [0.2, 0.25) is 0 Å². The fourth-order valence-electron chi connectivity index (χ4n) is 6.06. The number of nitrogens with zero attached hydrogens (tertiary/aromatic N) is 1. The summed E-state index contributed by atoms with van der Waals surface area (Å²) >= 11 is 0. The van der Waals surface area contributed by atoms with Crippen molar-refractivity contribution in [1.29, 1.82) is 0 Å². The normalized spacial score (nSPS) is 30.2. The van der Waals surface area contributed by atoms with E-state index in [1.807, 2.05) is 12.1 Å². The Hall–Kier alpha value is -1.45. The number of piperidine rings is 1. The van der Waals surface area contributed by atoms with Gasteiger partial charge in [-0.05, 0) is 73.5 Å². The third-order valence-corrected chi connectivity index (χ3v) is 7.16. The molecule has 5 rings (SSSR count). The molecule has 0 amide bonds. The third kappa shape index (κ3) is 2.76. The number of benzene rings is 1. The maximum atomic E-state index is 10.1. The van der Waals surface area contributed by atoms with Gasteiger partial charge in [0, 0.05) is 24.4 Å². The number of furan rings is 1. The van der Waals surface area contributed by atoms with Crippen LogP contribution in [-0.4, -0.2) is 29.1 Å². The summed E-state index contributed by atoms with van der Waals surface area (Å²) in [5.74, 6) is 2.29. The Morgan fingerprint density at radius 1 is 1.19 bits per heavy atom. The van der Waals surface area contributed by atoms with E-state index in [-0.39, 0.29) is 12.4 Å². The first-order valence-electron chi connectivity index (χ1n) is 9.85. The summed E-state index contributed by atoms with van der Waals surface area (Å²) in [7, 11) is 0. The molecule has 1 saturated carbocycles. The molecule has 1 N–H and O–H groups in total. The lowest BCUT2D eigenvalue weighted by Crippen LogP contribution is -2.61. The monoisotopic (exact) mass is 373 g/mol. The average Bonchev–Trinajstić information content (AvgIpc) is 3.15. The highest BCUT2D eigenvalue weighted by Crippen LogP contribution is 2.56. The molecule has 2 aromatic rings. The molecule has 1 saturated heterocycles. The minimum Gasteiger partial charge on any atom is -0.508 e. The van der Waals surface area contributed by atoms with Gasteiger partial charge in [0.1, 0.15) is 11.5 Å². The molecule has 2 fully saturated rings. The van der Waals surface area contributed by atoms with E-state index in [4.69, 9.17) is 4.42 Å². The summed E-state index contributed by atoms with van der Waals surface area (Å²) < 4.78 is 5.55. The predicted octanol–water partition coefficient (Wildman–Crippen LogP) is 4.71. The van der Waals surface area contributed by atoms with Gasteiger partial charge in [0.15, 0.2) is 0 Å². The van der Waals surface area contributed by atoms with Gasteiger partial charge in [-0.1, -0.05) is 18.9 Å². The van der Waals surface area contributed by atoms with E-state index in [9.17, 15) is 5.11 Å². The van der Waals surface area contributed by atoms with Crippen LogP contribution in [-0.2, 0) is 18.3 Å². The molecule has 2 bridgehead atoms. The van der Waals surface area contributed by atoms with Crippen LogP contribution in [0.1, 0.15) is 49.0 Å². The fraction of sp³-hybridized carbons (Fsp3) is 0.545. The molecule has 26 heavy (non-hydrogen) atoms. The maximum Gasteiger partial charge on any atom is 0.115 e. The van der Waals surface area contributed by atoms with Crippen molar-refractivity contribution in [3.05, 3.63) is 53.5 Å². The molecule has 3 nitrogen and oxygen atoms in total. The molecule has 0 radical (unpaired) electrons. The molecule has 140 valence electrons. The summed E-state index contributed by atoms with van der Waals surface area (Å²) in [6.45, 7) is 2.27. The van der Waals surface area contributed by atoms with Crippen molar-refractivity contribution in [3.8, 4) is 5.75 Å². The van der Waals surface area contributed by atoms with Crippen molar-refractivity contribution >= 4 is 12.4 Å². The van der Waals surface area contributed by atoms with Crippen molar-refractivity contribution in [2.45, 2.75) is 56.4 Å². The number of phenols is 1. The van der Waals surface area contributed by atoms with Gasteiger partial charge in [-0.2, -0.15) is 0 Å².